The first-order chi connectivity index (χ1) is 7.65. The first-order valence-electron chi connectivity index (χ1n) is 4.73. The molecule has 1 aromatic heterocycles. The minimum atomic E-state index is -0.867. The van der Waals surface area contributed by atoms with Crippen molar-refractivity contribution in [2.45, 2.75) is 10.6 Å². The van der Waals surface area contributed by atoms with E-state index >= 15 is 0 Å². The number of methoxy groups -OCH3 is 2. The lowest BCUT2D eigenvalue weighted by Crippen LogP contribution is -2.42. The highest BCUT2D eigenvalue weighted by Crippen LogP contribution is 2.44. The Balaban J connectivity index is 2.66. The van der Waals surface area contributed by atoms with Crippen LogP contribution in [0, 0.1) is 0 Å². The summed E-state index contributed by atoms with van der Waals surface area (Å²) in [5.74, 6) is -0.867. The van der Waals surface area contributed by atoms with Gasteiger partial charge >= 0.3 is 0 Å². The number of alkyl halides is 1. The van der Waals surface area contributed by atoms with Gasteiger partial charge in [0.15, 0.2) is 0 Å². The monoisotopic (exact) mass is 347 g/mol. The fourth-order valence-corrected chi connectivity index (χ4v) is 3.63. The van der Waals surface area contributed by atoms with Gasteiger partial charge in [-0.1, -0.05) is 44.0 Å². The van der Waals surface area contributed by atoms with Crippen molar-refractivity contribution in [1.29, 1.82) is 0 Å². The maximum absolute atomic E-state index is 5.52. The lowest BCUT2D eigenvalue weighted by molar-refractivity contribution is -0.211. The predicted molar refractivity (Wildman–Crippen MR) is 69.6 cm³/mol. The number of aromatic nitrogens is 1. The fourth-order valence-electron chi connectivity index (χ4n) is 1.84. The maximum Gasteiger partial charge on any atom is 0.229 e. The fraction of sp³-hybridized carbons (Fsp3) is 0.364. The molecule has 1 unspecified atom stereocenters. The number of pyridine rings is 1. The Bertz CT molecular complexity index is 430. The van der Waals surface area contributed by atoms with Gasteiger partial charge in [-0.25, -0.2) is 0 Å². The zero-order valence-corrected chi connectivity index (χ0v) is 12.1. The van der Waals surface area contributed by atoms with E-state index in [1.807, 2.05) is 18.2 Å². The summed E-state index contributed by atoms with van der Waals surface area (Å²) in [5, 5.41) is 0. The molecule has 0 aliphatic heterocycles. The summed E-state index contributed by atoms with van der Waals surface area (Å²) < 4.78 is 12.0. The molecule has 1 aliphatic carbocycles. The van der Waals surface area contributed by atoms with Crippen molar-refractivity contribution in [2.75, 3.05) is 14.2 Å². The van der Waals surface area contributed by atoms with Crippen LogP contribution >= 0.6 is 31.9 Å². The van der Waals surface area contributed by atoms with Crippen molar-refractivity contribution in [2.24, 2.45) is 0 Å². The summed E-state index contributed by atoms with van der Waals surface area (Å²) in [6.07, 6.45) is 3.73. The van der Waals surface area contributed by atoms with Crippen molar-refractivity contribution in [1.82, 2.24) is 4.98 Å². The highest BCUT2D eigenvalue weighted by atomic mass is 79.9. The Morgan fingerprint density at radius 1 is 1.38 bits per heavy atom. The van der Waals surface area contributed by atoms with E-state index in [9.17, 15) is 0 Å². The summed E-state index contributed by atoms with van der Waals surface area (Å²) >= 11 is 7.06. The van der Waals surface area contributed by atoms with Gasteiger partial charge in [0.1, 0.15) is 5.69 Å². The number of ether oxygens (including phenoxy) is 2. The molecule has 1 aromatic rings. The number of hydrogen-bond acceptors (Lipinski definition) is 3. The van der Waals surface area contributed by atoms with E-state index in [1.165, 1.54) is 0 Å². The molecule has 3 nitrogen and oxygen atoms in total. The van der Waals surface area contributed by atoms with Crippen LogP contribution in [0.5, 0.6) is 0 Å². The number of hydrogen-bond donors (Lipinski definition) is 0. The van der Waals surface area contributed by atoms with Crippen LogP contribution < -0.4 is 0 Å². The zero-order valence-electron chi connectivity index (χ0n) is 8.91. The van der Waals surface area contributed by atoms with Crippen LogP contribution in [0.15, 0.2) is 24.4 Å². The Hall–Kier alpha value is -0.230. The van der Waals surface area contributed by atoms with Crippen LogP contribution in [-0.4, -0.2) is 24.0 Å². The smallest absolute Gasteiger partial charge is 0.229 e. The summed E-state index contributed by atoms with van der Waals surface area (Å²) in [6, 6.07) is 3.87. The second kappa shape index (κ2) is 4.56. The van der Waals surface area contributed by atoms with Crippen molar-refractivity contribution in [3.8, 4) is 0 Å². The third-order valence-corrected chi connectivity index (χ3v) is 4.22. The van der Waals surface area contributed by atoms with Gasteiger partial charge in [0.2, 0.25) is 5.79 Å². The van der Waals surface area contributed by atoms with E-state index in [0.717, 1.165) is 15.7 Å². The van der Waals surface area contributed by atoms with Crippen LogP contribution in [0.1, 0.15) is 11.3 Å². The molecule has 0 aromatic carbocycles. The van der Waals surface area contributed by atoms with E-state index < -0.39 is 5.79 Å². The average Bonchev–Trinajstić information content (AvgIpc) is 2.31. The first-order valence-corrected chi connectivity index (χ1v) is 6.44. The van der Waals surface area contributed by atoms with Crippen LogP contribution in [0.2, 0.25) is 0 Å². The van der Waals surface area contributed by atoms with Crippen LogP contribution in [0.3, 0.4) is 0 Å². The van der Waals surface area contributed by atoms with Crippen molar-refractivity contribution in [3.05, 3.63) is 35.7 Å². The van der Waals surface area contributed by atoms with Gasteiger partial charge in [-0.15, -0.1) is 0 Å². The second-order valence-corrected chi connectivity index (χ2v) is 5.23. The Labute approximate surface area is 111 Å². The van der Waals surface area contributed by atoms with Crippen LogP contribution in [0.4, 0.5) is 0 Å². The predicted octanol–water partition coefficient (Wildman–Crippen LogP) is 3.04. The summed E-state index contributed by atoms with van der Waals surface area (Å²) in [6.45, 7) is 0. The lowest BCUT2D eigenvalue weighted by Gasteiger charge is -2.37. The molecule has 1 aliphatic rings. The SMILES string of the molecule is COC1(OC)c2ncccc2C(Br)=CC1Br. The Kier molecular flexibility index (Phi) is 3.49. The van der Waals surface area contributed by atoms with E-state index in [1.54, 1.807) is 20.4 Å². The quantitative estimate of drug-likeness (QED) is 0.608. The van der Waals surface area contributed by atoms with Gasteiger partial charge in [0.25, 0.3) is 0 Å². The van der Waals surface area contributed by atoms with Crippen molar-refractivity contribution < 1.29 is 9.47 Å². The second-order valence-electron chi connectivity index (χ2n) is 3.39. The molecule has 2 rings (SSSR count). The molecule has 5 heteroatoms. The standard InChI is InChI=1S/C11H11Br2NO2/c1-15-11(16-2)9(13)6-8(12)7-4-3-5-14-10(7)11/h3-6,9H,1-2H3. The number of rotatable bonds is 2. The third kappa shape index (κ3) is 1.66. The molecular formula is C11H11Br2NO2. The van der Waals surface area contributed by atoms with Gasteiger partial charge in [0.05, 0.1) is 4.83 Å². The molecule has 0 radical (unpaired) electrons. The Morgan fingerprint density at radius 3 is 2.69 bits per heavy atom. The summed E-state index contributed by atoms with van der Waals surface area (Å²) in [4.78, 5) is 4.27. The van der Waals surface area contributed by atoms with Crippen LogP contribution in [-0.2, 0) is 15.3 Å². The highest BCUT2D eigenvalue weighted by molar-refractivity contribution is 9.15. The third-order valence-electron chi connectivity index (χ3n) is 2.66. The minimum Gasteiger partial charge on any atom is -0.347 e. The van der Waals surface area contributed by atoms with Gasteiger partial charge in [-0.3, -0.25) is 4.98 Å². The number of fused-ring (bicyclic) bond motifs is 1. The molecule has 16 heavy (non-hydrogen) atoms. The summed E-state index contributed by atoms with van der Waals surface area (Å²) in [7, 11) is 3.23. The molecule has 0 fully saturated rings. The van der Waals surface area contributed by atoms with Gasteiger partial charge in [-0.05, 0) is 6.07 Å². The highest BCUT2D eigenvalue weighted by Gasteiger charge is 2.45. The first kappa shape index (κ1) is 12.2. The number of nitrogens with zero attached hydrogens (tertiary/aromatic N) is 1. The normalized spacial score (nSPS) is 22.5. The molecule has 0 N–H and O–H groups in total. The lowest BCUT2D eigenvalue weighted by atomic mass is 9.96. The van der Waals surface area contributed by atoms with Crippen molar-refractivity contribution >= 4 is 36.3 Å². The van der Waals surface area contributed by atoms with E-state index in [-0.39, 0.29) is 4.83 Å². The van der Waals surface area contributed by atoms with Gasteiger partial charge < -0.3 is 9.47 Å². The maximum atomic E-state index is 5.52. The molecule has 0 saturated carbocycles. The zero-order chi connectivity index (χ0) is 11.8. The average molecular weight is 349 g/mol. The molecule has 0 bridgehead atoms. The van der Waals surface area contributed by atoms with Crippen LogP contribution in [0.25, 0.3) is 4.48 Å². The Morgan fingerprint density at radius 2 is 2.06 bits per heavy atom. The molecule has 86 valence electrons. The van der Waals surface area contributed by atoms with Gasteiger partial charge in [-0.2, -0.15) is 0 Å². The minimum absolute atomic E-state index is 0.0909. The number of halogens is 2. The van der Waals surface area contributed by atoms with Gasteiger partial charge in [0, 0.05) is 30.5 Å². The van der Waals surface area contributed by atoms with E-state index in [2.05, 4.69) is 36.8 Å². The van der Waals surface area contributed by atoms with E-state index in [4.69, 9.17) is 9.47 Å². The molecule has 1 heterocycles. The van der Waals surface area contributed by atoms with Crippen molar-refractivity contribution in [3.63, 3.8) is 0 Å². The molecule has 1 atom stereocenters. The largest absolute Gasteiger partial charge is 0.347 e. The molecule has 0 spiro atoms. The molecular weight excluding hydrogens is 338 g/mol. The summed E-state index contributed by atoms with van der Waals surface area (Å²) in [5.41, 5.74) is 1.76. The molecule has 0 amide bonds. The molecule has 0 saturated heterocycles. The topological polar surface area (TPSA) is 31.4 Å². The van der Waals surface area contributed by atoms with E-state index in [0.29, 0.717) is 0 Å².